The van der Waals surface area contributed by atoms with E-state index in [0.29, 0.717) is 12.2 Å². The number of amides is 1. The van der Waals surface area contributed by atoms with Gasteiger partial charge in [0.1, 0.15) is 12.7 Å². The molecule has 0 aliphatic carbocycles. The standard InChI is InChI=1S/C13H19NO4/c1-8(2)14-12(15)9(3)5-10(4)13(16)18-7-11-6-17-11/h5,8,11H,3,6-7H2,1-2,4H3,(H,14,15)/b10-5+. The first-order valence-corrected chi connectivity index (χ1v) is 5.87. The van der Waals surface area contributed by atoms with E-state index in [-0.39, 0.29) is 30.2 Å². The van der Waals surface area contributed by atoms with E-state index in [1.54, 1.807) is 6.92 Å². The van der Waals surface area contributed by atoms with Gasteiger partial charge >= 0.3 is 5.97 Å². The molecule has 100 valence electrons. The predicted molar refractivity (Wildman–Crippen MR) is 66.9 cm³/mol. The fraction of sp³-hybridized carbons (Fsp3) is 0.538. The third-order valence-corrected chi connectivity index (χ3v) is 2.23. The Labute approximate surface area is 107 Å². The molecular weight excluding hydrogens is 234 g/mol. The van der Waals surface area contributed by atoms with Crippen LogP contribution in [0.4, 0.5) is 0 Å². The lowest BCUT2D eigenvalue weighted by Crippen LogP contribution is -2.30. The first-order chi connectivity index (χ1) is 8.40. The van der Waals surface area contributed by atoms with Crippen LogP contribution in [0.1, 0.15) is 20.8 Å². The SMILES string of the molecule is C=C(/C=C(\C)C(=O)OCC1CO1)C(=O)NC(C)C. The predicted octanol–water partition coefficient (Wildman–Crippen LogP) is 0.955. The van der Waals surface area contributed by atoms with Gasteiger partial charge in [0.05, 0.1) is 6.61 Å². The highest BCUT2D eigenvalue weighted by Crippen LogP contribution is 2.10. The summed E-state index contributed by atoms with van der Waals surface area (Å²) in [6.45, 7) is 9.81. The van der Waals surface area contributed by atoms with Crippen molar-refractivity contribution in [3.63, 3.8) is 0 Å². The summed E-state index contributed by atoms with van der Waals surface area (Å²) in [6.07, 6.45) is 1.46. The molecule has 0 spiro atoms. The van der Waals surface area contributed by atoms with Gasteiger partial charge in [0.2, 0.25) is 0 Å². The molecule has 18 heavy (non-hydrogen) atoms. The molecule has 1 aliphatic rings. The Balaban J connectivity index is 2.44. The van der Waals surface area contributed by atoms with E-state index in [1.165, 1.54) is 6.08 Å². The molecule has 1 aliphatic heterocycles. The van der Waals surface area contributed by atoms with Crippen LogP contribution in [0.2, 0.25) is 0 Å². The molecule has 1 saturated heterocycles. The number of esters is 1. The summed E-state index contributed by atoms with van der Waals surface area (Å²) in [4.78, 5) is 23.1. The van der Waals surface area contributed by atoms with Crippen LogP contribution in [-0.4, -0.2) is 37.2 Å². The molecule has 5 heteroatoms. The summed E-state index contributed by atoms with van der Waals surface area (Å²) in [5, 5.41) is 2.69. The molecule has 1 fully saturated rings. The minimum absolute atomic E-state index is 0.0296. The lowest BCUT2D eigenvalue weighted by atomic mass is 10.1. The van der Waals surface area contributed by atoms with Gasteiger partial charge in [-0.05, 0) is 26.8 Å². The average Bonchev–Trinajstić information content (AvgIpc) is 3.08. The van der Waals surface area contributed by atoms with Crippen molar-refractivity contribution in [2.24, 2.45) is 0 Å². The molecule has 0 aromatic carbocycles. The number of carbonyl (C=O) groups excluding carboxylic acids is 2. The van der Waals surface area contributed by atoms with E-state index in [2.05, 4.69) is 11.9 Å². The second kappa shape index (κ2) is 6.35. The molecule has 5 nitrogen and oxygen atoms in total. The van der Waals surface area contributed by atoms with E-state index in [0.717, 1.165) is 0 Å². The van der Waals surface area contributed by atoms with Crippen molar-refractivity contribution in [1.82, 2.24) is 5.32 Å². The molecule has 1 rings (SSSR count). The van der Waals surface area contributed by atoms with Crippen LogP contribution in [-0.2, 0) is 19.1 Å². The van der Waals surface area contributed by atoms with Gasteiger partial charge in [-0.1, -0.05) is 6.58 Å². The molecule has 0 bridgehead atoms. The van der Waals surface area contributed by atoms with Crippen molar-refractivity contribution < 1.29 is 19.1 Å². The van der Waals surface area contributed by atoms with Crippen molar-refractivity contribution in [1.29, 1.82) is 0 Å². The van der Waals surface area contributed by atoms with E-state index < -0.39 is 5.97 Å². The summed E-state index contributed by atoms with van der Waals surface area (Å²) < 4.78 is 9.91. The topological polar surface area (TPSA) is 67.9 Å². The van der Waals surface area contributed by atoms with Crippen LogP contribution in [0.25, 0.3) is 0 Å². The van der Waals surface area contributed by atoms with E-state index >= 15 is 0 Å². The van der Waals surface area contributed by atoms with E-state index in [4.69, 9.17) is 9.47 Å². The Hall–Kier alpha value is -1.62. The molecular formula is C13H19NO4. The van der Waals surface area contributed by atoms with Crippen molar-refractivity contribution >= 4 is 11.9 Å². The van der Waals surface area contributed by atoms with Crippen LogP contribution < -0.4 is 5.32 Å². The first-order valence-electron chi connectivity index (χ1n) is 5.87. The smallest absolute Gasteiger partial charge is 0.333 e. The van der Waals surface area contributed by atoms with Crippen molar-refractivity contribution in [3.05, 3.63) is 23.8 Å². The van der Waals surface area contributed by atoms with E-state index in [1.807, 2.05) is 13.8 Å². The van der Waals surface area contributed by atoms with Crippen molar-refractivity contribution in [2.75, 3.05) is 13.2 Å². The van der Waals surface area contributed by atoms with Gasteiger partial charge in [0.15, 0.2) is 0 Å². The minimum atomic E-state index is -0.455. The molecule has 0 aromatic heterocycles. The Morgan fingerprint density at radius 2 is 2.17 bits per heavy atom. The van der Waals surface area contributed by atoms with Crippen LogP contribution in [0.15, 0.2) is 23.8 Å². The molecule has 1 N–H and O–H groups in total. The molecule has 0 saturated carbocycles. The molecule has 0 aromatic rings. The number of carbonyl (C=O) groups is 2. The van der Waals surface area contributed by atoms with Gasteiger partial charge < -0.3 is 14.8 Å². The number of hydrogen-bond donors (Lipinski definition) is 1. The molecule has 1 amide bonds. The summed E-state index contributed by atoms with van der Waals surface area (Å²) in [5.74, 6) is -0.744. The fourth-order valence-electron chi connectivity index (χ4n) is 1.19. The van der Waals surface area contributed by atoms with Crippen LogP contribution in [0, 0.1) is 0 Å². The minimum Gasteiger partial charge on any atom is -0.459 e. The Bertz CT molecular complexity index is 380. The van der Waals surface area contributed by atoms with Gasteiger partial charge in [-0.3, -0.25) is 4.79 Å². The lowest BCUT2D eigenvalue weighted by Gasteiger charge is -2.08. The van der Waals surface area contributed by atoms with Gasteiger partial charge in [-0.2, -0.15) is 0 Å². The van der Waals surface area contributed by atoms with E-state index in [9.17, 15) is 9.59 Å². The summed E-state index contributed by atoms with van der Waals surface area (Å²) in [7, 11) is 0. The lowest BCUT2D eigenvalue weighted by molar-refractivity contribution is -0.139. The maximum atomic E-state index is 11.6. The molecule has 1 atom stereocenters. The maximum absolute atomic E-state index is 11.6. The maximum Gasteiger partial charge on any atom is 0.333 e. The Morgan fingerprint density at radius 3 is 2.67 bits per heavy atom. The summed E-state index contributed by atoms with van der Waals surface area (Å²) in [5.41, 5.74) is 0.584. The zero-order valence-electron chi connectivity index (χ0n) is 11.0. The first kappa shape index (κ1) is 14.4. The van der Waals surface area contributed by atoms with Crippen LogP contribution in [0.3, 0.4) is 0 Å². The van der Waals surface area contributed by atoms with Gasteiger partial charge in [-0.15, -0.1) is 0 Å². The molecule has 0 radical (unpaired) electrons. The Morgan fingerprint density at radius 1 is 1.56 bits per heavy atom. The van der Waals surface area contributed by atoms with Crippen LogP contribution in [0.5, 0.6) is 0 Å². The monoisotopic (exact) mass is 253 g/mol. The zero-order valence-corrected chi connectivity index (χ0v) is 11.0. The fourth-order valence-corrected chi connectivity index (χ4v) is 1.19. The van der Waals surface area contributed by atoms with Crippen molar-refractivity contribution in [2.45, 2.75) is 32.9 Å². The largest absolute Gasteiger partial charge is 0.459 e. The number of hydrogen-bond acceptors (Lipinski definition) is 4. The highest BCUT2D eigenvalue weighted by molar-refractivity contribution is 5.98. The highest BCUT2D eigenvalue weighted by atomic mass is 16.6. The quantitative estimate of drug-likeness (QED) is 0.331. The number of nitrogens with one attached hydrogen (secondary N) is 1. The van der Waals surface area contributed by atoms with Gasteiger partial charge in [0.25, 0.3) is 5.91 Å². The second-order valence-electron chi connectivity index (χ2n) is 4.53. The average molecular weight is 253 g/mol. The number of epoxide rings is 1. The third-order valence-electron chi connectivity index (χ3n) is 2.23. The normalized spacial score (nSPS) is 18.4. The van der Waals surface area contributed by atoms with Gasteiger partial charge in [0, 0.05) is 17.2 Å². The second-order valence-corrected chi connectivity index (χ2v) is 4.53. The van der Waals surface area contributed by atoms with Gasteiger partial charge in [-0.25, -0.2) is 4.79 Å². The zero-order chi connectivity index (χ0) is 13.7. The number of ether oxygens (including phenoxy) is 2. The Kier molecular flexibility index (Phi) is 5.09. The molecule has 1 unspecified atom stereocenters. The van der Waals surface area contributed by atoms with Crippen LogP contribution >= 0.6 is 0 Å². The third kappa shape index (κ3) is 5.14. The number of rotatable bonds is 6. The summed E-state index contributed by atoms with van der Waals surface area (Å²) >= 11 is 0. The highest BCUT2D eigenvalue weighted by Gasteiger charge is 2.24. The van der Waals surface area contributed by atoms with Crippen molar-refractivity contribution in [3.8, 4) is 0 Å². The summed E-state index contributed by atoms with van der Waals surface area (Å²) in [6, 6.07) is 0.0296. The molecule has 1 heterocycles.